The lowest BCUT2D eigenvalue weighted by Crippen LogP contribution is -2.37. The molecule has 0 saturated carbocycles. The van der Waals surface area contributed by atoms with Crippen molar-refractivity contribution in [3.63, 3.8) is 0 Å². The van der Waals surface area contributed by atoms with E-state index in [0.29, 0.717) is 12.5 Å². The first-order valence-electron chi connectivity index (χ1n) is 10.1. The van der Waals surface area contributed by atoms with Crippen LogP contribution in [0.5, 0.6) is 0 Å². The van der Waals surface area contributed by atoms with Crippen molar-refractivity contribution in [1.82, 2.24) is 20.7 Å². The van der Waals surface area contributed by atoms with Gasteiger partial charge in [-0.1, -0.05) is 38.3 Å². The lowest BCUT2D eigenvalue weighted by Gasteiger charge is -2.11. The molecule has 0 aromatic carbocycles. The Bertz CT molecular complexity index is 494. The van der Waals surface area contributed by atoms with Gasteiger partial charge < -0.3 is 20.1 Å². The molecule has 1 heterocycles. The van der Waals surface area contributed by atoms with Crippen molar-refractivity contribution >= 4 is 5.96 Å². The molecule has 0 fully saturated rings. The van der Waals surface area contributed by atoms with Crippen molar-refractivity contribution in [2.75, 3.05) is 34.2 Å². The molecule has 26 heavy (non-hydrogen) atoms. The zero-order chi connectivity index (χ0) is 19.2. The molecule has 6 heteroatoms. The molecule has 0 aliphatic heterocycles. The van der Waals surface area contributed by atoms with Crippen molar-refractivity contribution in [3.8, 4) is 0 Å². The fourth-order valence-corrected chi connectivity index (χ4v) is 2.99. The molecule has 0 atom stereocenters. The molecular weight excluding hydrogens is 326 g/mol. The van der Waals surface area contributed by atoms with Crippen LogP contribution in [-0.4, -0.2) is 50.2 Å². The van der Waals surface area contributed by atoms with E-state index in [4.69, 9.17) is 4.52 Å². The summed E-state index contributed by atoms with van der Waals surface area (Å²) in [6.45, 7) is 7.12. The monoisotopic (exact) mass is 365 g/mol. The topological polar surface area (TPSA) is 65.7 Å². The van der Waals surface area contributed by atoms with Gasteiger partial charge in [-0.2, -0.15) is 0 Å². The highest BCUT2D eigenvalue weighted by atomic mass is 16.5. The number of unbranched alkanes of at least 4 members (excludes halogenated alkanes) is 4. The van der Waals surface area contributed by atoms with Gasteiger partial charge in [-0.05, 0) is 46.3 Å². The first-order valence-corrected chi connectivity index (χ1v) is 10.1. The predicted molar refractivity (Wildman–Crippen MR) is 110 cm³/mol. The van der Waals surface area contributed by atoms with Gasteiger partial charge >= 0.3 is 0 Å². The summed E-state index contributed by atoms with van der Waals surface area (Å²) in [5, 5.41) is 10.9. The van der Waals surface area contributed by atoms with Gasteiger partial charge in [0.2, 0.25) is 0 Å². The SMILES string of the molecule is CCC(CC)c1cc(CNC(=NC)NCCCCCCCN(C)C)on1. The van der Waals surface area contributed by atoms with E-state index < -0.39 is 0 Å². The van der Waals surface area contributed by atoms with Crippen molar-refractivity contribution in [2.45, 2.75) is 71.3 Å². The Morgan fingerprint density at radius 1 is 1.12 bits per heavy atom. The van der Waals surface area contributed by atoms with Crippen LogP contribution in [0.15, 0.2) is 15.6 Å². The quantitative estimate of drug-likeness (QED) is 0.316. The van der Waals surface area contributed by atoms with Crippen molar-refractivity contribution in [3.05, 3.63) is 17.5 Å². The minimum absolute atomic E-state index is 0.489. The van der Waals surface area contributed by atoms with E-state index in [1.165, 1.54) is 38.6 Å². The third kappa shape index (κ3) is 9.22. The maximum Gasteiger partial charge on any atom is 0.191 e. The van der Waals surface area contributed by atoms with Crippen LogP contribution in [0.1, 0.15) is 76.2 Å². The molecule has 1 aromatic rings. The highest BCUT2D eigenvalue weighted by molar-refractivity contribution is 5.79. The Balaban J connectivity index is 2.17. The Morgan fingerprint density at radius 2 is 1.81 bits per heavy atom. The van der Waals surface area contributed by atoms with Crippen LogP contribution in [0.2, 0.25) is 0 Å². The summed E-state index contributed by atoms with van der Waals surface area (Å²) in [7, 11) is 6.06. The molecule has 1 rings (SSSR count). The third-order valence-electron chi connectivity index (χ3n) is 4.71. The molecular formula is C20H39N5O. The highest BCUT2D eigenvalue weighted by Gasteiger charge is 2.13. The number of aliphatic imine (C=N–C) groups is 1. The average molecular weight is 366 g/mol. The number of nitrogens with one attached hydrogen (secondary N) is 2. The standard InChI is InChI=1S/C20H39N5O/c1-6-17(7-2)19-15-18(26-24-19)16-23-20(21-3)22-13-11-9-8-10-12-14-25(4)5/h15,17H,6-14,16H2,1-5H3,(H2,21,22,23). The minimum Gasteiger partial charge on any atom is -0.359 e. The normalized spacial score (nSPS) is 12.2. The zero-order valence-corrected chi connectivity index (χ0v) is 17.5. The summed E-state index contributed by atoms with van der Waals surface area (Å²) in [5.41, 5.74) is 1.06. The van der Waals surface area contributed by atoms with Gasteiger partial charge in [0, 0.05) is 25.6 Å². The fourth-order valence-electron chi connectivity index (χ4n) is 2.99. The van der Waals surface area contributed by atoms with Gasteiger partial charge in [0.1, 0.15) is 0 Å². The molecule has 0 amide bonds. The zero-order valence-electron chi connectivity index (χ0n) is 17.5. The Labute approximate surface area is 159 Å². The van der Waals surface area contributed by atoms with E-state index in [2.05, 4.69) is 59.7 Å². The highest BCUT2D eigenvalue weighted by Crippen LogP contribution is 2.22. The third-order valence-corrected chi connectivity index (χ3v) is 4.71. The number of aromatic nitrogens is 1. The van der Waals surface area contributed by atoms with E-state index in [-0.39, 0.29) is 0 Å². The van der Waals surface area contributed by atoms with Crippen LogP contribution in [0.25, 0.3) is 0 Å². The van der Waals surface area contributed by atoms with Gasteiger partial charge in [-0.3, -0.25) is 4.99 Å². The number of nitrogens with zero attached hydrogens (tertiary/aromatic N) is 3. The summed E-state index contributed by atoms with van der Waals surface area (Å²) in [6, 6.07) is 2.06. The molecule has 0 radical (unpaired) electrons. The lowest BCUT2D eigenvalue weighted by atomic mass is 9.99. The molecule has 150 valence electrons. The molecule has 0 aliphatic carbocycles. The van der Waals surface area contributed by atoms with E-state index in [1.54, 1.807) is 7.05 Å². The van der Waals surface area contributed by atoms with Gasteiger partial charge in [0.25, 0.3) is 0 Å². The van der Waals surface area contributed by atoms with Gasteiger partial charge in [-0.15, -0.1) is 0 Å². The minimum atomic E-state index is 0.489. The Kier molecular flexibility index (Phi) is 11.8. The largest absolute Gasteiger partial charge is 0.359 e. The van der Waals surface area contributed by atoms with E-state index in [9.17, 15) is 0 Å². The van der Waals surface area contributed by atoms with Crippen LogP contribution in [0.3, 0.4) is 0 Å². The maximum absolute atomic E-state index is 5.44. The molecule has 0 saturated heterocycles. The van der Waals surface area contributed by atoms with Crippen molar-refractivity contribution in [2.24, 2.45) is 4.99 Å². The van der Waals surface area contributed by atoms with Crippen LogP contribution in [-0.2, 0) is 6.54 Å². The van der Waals surface area contributed by atoms with Crippen LogP contribution >= 0.6 is 0 Å². The van der Waals surface area contributed by atoms with Crippen LogP contribution in [0.4, 0.5) is 0 Å². The number of rotatable bonds is 13. The van der Waals surface area contributed by atoms with Gasteiger partial charge in [0.15, 0.2) is 11.7 Å². The van der Waals surface area contributed by atoms with Gasteiger partial charge in [-0.25, -0.2) is 0 Å². The summed E-state index contributed by atoms with van der Waals surface area (Å²) < 4.78 is 5.44. The fraction of sp³-hybridized carbons (Fsp3) is 0.800. The number of hydrogen-bond donors (Lipinski definition) is 2. The molecule has 0 bridgehead atoms. The molecule has 0 aliphatic rings. The maximum atomic E-state index is 5.44. The predicted octanol–water partition coefficient (Wildman–Crippen LogP) is 3.76. The van der Waals surface area contributed by atoms with Crippen molar-refractivity contribution in [1.29, 1.82) is 0 Å². The first kappa shape index (κ1) is 22.5. The van der Waals surface area contributed by atoms with E-state index >= 15 is 0 Å². The lowest BCUT2D eigenvalue weighted by molar-refractivity contribution is 0.368. The summed E-state index contributed by atoms with van der Waals surface area (Å²) >= 11 is 0. The first-order chi connectivity index (χ1) is 12.6. The Morgan fingerprint density at radius 3 is 2.46 bits per heavy atom. The second-order valence-corrected chi connectivity index (χ2v) is 7.16. The van der Waals surface area contributed by atoms with Crippen molar-refractivity contribution < 1.29 is 4.52 Å². The summed E-state index contributed by atoms with van der Waals surface area (Å²) in [4.78, 5) is 6.52. The molecule has 0 unspecified atom stereocenters. The average Bonchev–Trinajstić information content (AvgIpc) is 3.09. The summed E-state index contributed by atoms with van der Waals surface area (Å²) in [6.07, 6.45) is 8.53. The molecule has 1 aromatic heterocycles. The molecule has 0 spiro atoms. The molecule has 2 N–H and O–H groups in total. The molecule has 6 nitrogen and oxygen atoms in total. The number of hydrogen-bond acceptors (Lipinski definition) is 4. The second-order valence-electron chi connectivity index (χ2n) is 7.16. The Hall–Kier alpha value is -1.56. The number of guanidine groups is 1. The van der Waals surface area contributed by atoms with Crippen LogP contribution in [0, 0.1) is 0 Å². The van der Waals surface area contributed by atoms with E-state index in [0.717, 1.165) is 36.8 Å². The smallest absolute Gasteiger partial charge is 0.191 e. The second kappa shape index (κ2) is 13.6. The van der Waals surface area contributed by atoms with Gasteiger partial charge in [0.05, 0.1) is 12.2 Å². The summed E-state index contributed by atoms with van der Waals surface area (Å²) in [5.74, 6) is 2.16. The van der Waals surface area contributed by atoms with E-state index in [1.807, 2.05) is 0 Å². The van der Waals surface area contributed by atoms with Crippen LogP contribution < -0.4 is 10.6 Å².